The van der Waals surface area contributed by atoms with Crippen LogP contribution in [0.15, 0.2) is 36.5 Å². The number of hydrogen-bond acceptors (Lipinski definition) is 5. The first-order valence-corrected chi connectivity index (χ1v) is 9.05. The van der Waals surface area contributed by atoms with Crippen LogP contribution in [0.2, 0.25) is 0 Å². The Morgan fingerprint density at radius 1 is 1.23 bits per heavy atom. The Bertz CT molecular complexity index is 1070. The molecule has 4 heterocycles. The van der Waals surface area contributed by atoms with Gasteiger partial charge in [0.2, 0.25) is 0 Å². The second kappa shape index (κ2) is 6.10. The van der Waals surface area contributed by atoms with E-state index in [0.29, 0.717) is 6.04 Å². The van der Waals surface area contributed by atoms with Crippen molar-refractivity contribution in [2.24, 2.45) is 0 Å². The molecule has 0 aliphatic carbocycles. The SMILES string of the molecule is Cc1[nH]nc2ccc(-c3cnc4ccc(NC5CCCNC5)nn34)cc12. The third-order valence-electron chi connectivity index (χ3n) is 5.05. The lowest BCUT2D eigenvalue weighted by molar-refractivity contribution is 0.478. The number of aromatic amines is 1. The number of fused-ring (bicyclic) bond motifs is 2. The number of aromatic nitrogens is 5. The van der Waals surface area contributed by atoms with Gasteiger partial charge in [-0.05, 0) is 50.6 Å². The number of imidazole rings is 1. The van der Waals surface area contributed by atoms with E-state index < -0.39 is 0 Å². The first-order valence-electron chi connectivity index (χ1n) is 9.05. The van der Waals surface area contributed by atoms with Crippen molar-refractivity contribution in [2.75, 3.05) is 18.4 Å². The molecule has 1 aromatic carbocycles. The second-order valence-electron chi connectivity index (χ2n) is 6.90. The molecule has 3 aromatic heterocycles. The van der Waals surface area contributed by atoms with E-state index in [9.17, 15) is 0 Å². The topological polar surface area (TPSA) is 82.9 Å². The minimum atomic E-state index is 0.422. The molecule has 0 spiro atoms. The average molecular weight is 347 g/mol. The summed E-state index contributed by atoms with van der Waals surface area (Å²) >= 11 is 0. The Morgan fingerprint density at radius 2 is 2.19 bits per heavy atom. The lowest BCUT2D eigenvalue weighted by Gasteiger charge is -2.24. The lowest BCUT2D eigenvalue weighted by Crippen LogP contribution is -2.38. The predicted molar refractivity (Wildman–Crippen MR) is 102 cm³/mol. The van der Waals surface area contributed by atoms with Crippen LogP contribution in [-0.4, -0.2) is 43.9 Å². The molecular formula is C19H21N7. The van der Waals surface area contributed by atoms with Gasteiger partial charge in [0.15, 0.2) is 5.65 Å². The number of H-pyrrole nitrogens is 1. The maximum Gasteiger partial charge on any atom is 0.154 e. The molecule has 7 nitrogen and oxygen atoms in total. The molecule has 7 heteroatoms. The van der Waals surface area contributed by atoms with E-state index in [1.54, 1.807) is 0 Å². The summed E-state index contributed by atoms with van der Waals surface area (Å²) in [5.74, 6) is 0.881. The van der Waals surface area contributed by atoms with Crippen LogP contribution in [0.5, 0.6) is 0 Å². The van der Waals surface area contributed by atoms with Crippen molar-refractivity contribution in [2.45, 2.75) is 25.8 Å². The highest BCUT2D eigenvalue weighted by Gasteiger charge is 2.14. The maximum atomic E-state index is 4.79. The number of hydrogen-bond donors (Lipinski definition) is 3. The van der Waals surface area contributed by atoms with Gasteiger partial charge in [-0.1, -0.05) is 6.07 Å². The van der Waals surface area contributed by atoms with Crippen molar-refractivity contribution in [1.82, 2.24) is 30.1 Å². The van der Waals surface area contributed by atoms with Crippen LogP contribution in [-0.2, 0) is 0 Å². The minimum absolute atomic E-state index is 0.422. The van der Waals surface area contributed by atoms with Gasteiger partial charge in [0.25, 0.3) is 0 Å². The Hall–Kier alpha value is -2.93. The third-order valence-corrected chi connectivity index (χ3v) is 5.05. The summed E-state index contributed by atoms with van der Waals surface area (Å²) < 4.78 is 1.91. The van der Waals surface area contributed by atoms with E-state index in [0.717, 1.165) is 52.4 Å². The summed E-state index contributed by atoms with van der Waals surface area (Å²) in [4.78, 5) is 4.51. The van der Waals surface area contributed by atoms with Crippen molar-refractivity contribution in [3.05, 3.63) is 42.2 Å². The normalized spacial score (nSPS) is 17.8. The summed E-state index contributed by atoms with van der Waals surface area (Å²) in [7, 11) is 0. The van der Waals surface area contributed by atoms with Crippen molar-refractivity contribution < 1.29 is 0 Å². The third kappa shape index (κ3) is 2.61. The lowest BCUT2D eigenvalue weighted by atomic mass is 10.1. The fourth-order valence-electron chi connectivity index (χ4n) is 3.63. The smallest absolute Gasteiger partial charge is 0.154 e. The molecule has 3 N–H and O–H groups in total. The molecule has 0 radical (unpaired) electrons. The van der Waals surface area contributed by atoms with Crippen LogP contribution < -0.4 is 10.6 Å². The molecule has 1 unspecified atom stereocenters. The summed E-state index contributed by atoms with van der Waals surface area (Å²) in [5.41, 5.74) is 4.94. The van der Waals surface area contributed by atoms with Crippen LogP contribution in [0, 0.1) is 6.92 Å². The molecule has 132 valence electrons. The molecule has 26 heavy (non-hydrogen) atoms. The largest absolute Gasteiger partial charge is 0.365 e. The Kier molecular flexibility index (Phi) is 3.60. The highest BCUT2D eigenvalue weighted by molar-refractivity contribution is 5.86. The summed E-state index contributed by atoms with van der Waals surface area (Å²) in [6.45, 7) is 4.12. The maximum absolute atomic E-state index is 4.79. The van der Waals surface area contributed by atoms with Crippen molar-refractivity contribution >= 4 is 22.4 Å². The van der Waals surface area contributed by atoms with Crippen LogP contribution in [0.1, 0.15) is 18.5 Å². The van der Waals surface area contributed by atoms with E-state index in [-0.39, 0.29) is 0 Å². The Labute approximate surface area is 150 Å². The summed E-state index contributed by atoms with van der Waals surface area (Å²) in [6.07, 6.45) is 4.24. The number of nitrogens with one attached hydrogen (secondary N) is 3. The van der Waals surface area contributed by atoms with Crippen LogP contribution in [0.4, 0.5) is 5.82 Å². The zero-order valence-corrected chi connectivity index (χ0v) is 14.7. The summed E-state index contributed by atoms with van der Waals surface area (Å²) in [6, 6.07) is 10.7. The molecule has 0 saturated carbocycles. The molecule has 0 amide bonds. The van der Waals surface area contributed by atoms with Gasteiger partial charge < -0.3 is 10.6 Å². The van der Waals surface area contributed by atoms with Gasteiger partial charge in [-0.2, -0.15) is 5.10 Å². The summed E-state index contributed by atoms with van der Waals surface area (Å²) in [5, 5.41) is 20.2. The van der Waals surface area contributed by atoms with E-state index in [2.05, 4.69) is 37.9 Å². The van der Waals surface area contributed by atoms with Gasteiger partial charge in [0, 0.05) is 29.2 Å². The first kappa shape index (κ1) is 15.3. The molecular weight excluding hydrogens is 326 g/mol. The number of benzene rings is 1. The number of piperidine rings is 1. The Balaban J connectivity index is 1.54. The van der Waals surface area contributed by atoms with E-state index in [4.69, 9.17) is 5.10 Å². The van der Waals surface area contributed by atoms with E-state index in [1.807, 2.05) is 35.8 Å². The number of nitrogens with zero attached hydrogens (tertiary/aromatic N) is 4. The predicted octanol–water partition coefficient (Wildman–Crippen LogP) is 2.74. The molecule has 1 saturated heterocycles. The highest BCUT2D eigenvalue weighted by Crippen LogP contribution is 2.26. The van der Waals surface area contributed by atoms with E-state index >= 15 is 0 Å². The number of aryl methyl sites for hydroxylation is 1. The van der Waals surface area contributed by atoms with Crippen LogP contribution in [0.3, 0.4) is 0 Å². The number of anilines is 1. The van der Waals surface area contributed by atoms with Gasteiger partial charge in [-0.25, -0.2) is 9.50 Å². The van der Waals surface area contributed by atoms with E-state index in [1.165, 1.54) is 12.8 Å². The molecule has 0 bridgehead atoms. The molecule has 1 aliphatic heterocycles. The minimum Gasteiger partial charge on any atom is -0.365 e. The molecule has 4 aromatic rings. The van der Waals surface area contributed by atoms with Crippen LogP contribution >= 0.6 is 0 Å². The average Bonchev–Trinajstić information content (AvgIpc) is 3.26. The fraction of sp³-hybridized carbons (Fsp3) is 0.316. The highest BCUT2D eigenvalue weighted by atomic mass is 15.3. The second-order valence-corrected chi connectivity index (χ2v) is 6.90. The first-order chi connectivity index (χ1) is 12.8. The van der Waals surface area contributed by atoms with Crippen molar-refractivity contribution in [3.8, 4) is 11.3 Å². The zero-order valence-electron chi connectivity index (χ0n) is 14.7. The van der Waals surface area contributed by atoms with Gasteiger partial charge in [-0.3, -0.25) is 5.10 Å². The molecule has 1 aliphatic rings. The Morgan fingerprint density at radius 3 is 3.08 bits per heavy atom. The van der Waals surface area contributed by atoms with Gasteiger partial charge in [-0.15, -0.1) is 5.10 Å². The monoisotopic (exact) mass is 347 g/mol. The van der Waals surface area contributed by atoms with Crippen molar-refractivity contribution in [3.63, 3.8) is 0 Å². The fourth-order valence-corrected chi connectivity index (χ4v) is 3.63. The van der Waals surface area contributed by atoms with Crippen LogP contribution in [0.25, 0.3) is 27.8 Å². The zero-order chi connectivity index (χ0) is 17.5. The molecule has 5 rings (SSSR count). The van der Waals surface area contributed by atoms with Crippen molar-refractivity contribution in [1.29, 1.82) is 0 Å². The van der Waals surface area contributed by atoms with Gasteiger partial charge in [0.05, 0.1) is 17.4 Å². The molecule has 1 fully saturated rings. The number of rotatable bonds is 3. The van der Waals surface area contributed by atoms with Gasteiger partial charge in [0.1, 0.15) is 5.82 Å². The van der Waals surface area contributed by atoms with Gasteiger partial charge >= 0.3 is 0 Å². The standard InChI is InChI=1S/C19H21N7/c1-12-15-9-13(4-5-16(15)24-23-12)17-11-21-19-7-6-18(25-26(17)19)22-14-3-2-8-20-10-14/h4-7,9,11,14,20H,2-3,8,10H2,1H3,(H,22,25)(H,23,24). The molecule has 1 atom stereocenters. The quantitative estimate of drug-likeness (QED) is 0.531.